The second-order valence-corrected chi connectivity index (χ2v) is 6.38. The number of amides is 2. The second-order valence-electron chi connectivity index (χ2n) is 5.36. The highest BCUT2D eigenvalue weighted by Gasteiger charge is 2.13. The van der Waals surface area contributed by atoms with E-state index in [0.29, 0.717) is 16.8 Å². The van der Waals surface area contributed by atoms with Crippen molar-refractivity contribution in [3.8, 4) is 6.07 Å². The summed E-state index contributed by atoms with van der Waals surface area (Å²) in [4.78, 5) is 25.0. The number of anilines is 1. The molecule has 0 aromatic heterocycles. The third-order valence-corrected chi connectivity index (χ3v) is 4.16. The van der Waals surface area contributed by atoms with Crippen LogP contribution in [0.5, 0.6) is 0 Å². The van der Waals surface area contributed by atoms with Gasteiger partial charge in [0.2, 0.25) is 5.91 Å². The van der Waals surface area contributed by atoms with E-state index in [4.69, 9.17) is 5.26 Å². The fraction of sp³-hybridized carbons (Fsp3) is 0.167. The molecular weight excluding hydrogens is 336 g/mol. The molecule has 2 aromatic carbocycles. The van der Waals surface area contributed by atoms with Crippen LogP contribution < -0.4 is 10.7 Å². The van der Waals surface area contributed by atoms with Gasteiger partial charge in [0.25, 0.3) is 5.91 Å². The van der Waals surface area contributed by atoms with Gasteiger partial charge in [-0.2, -0.15) is 5.26 Å². The lowest BCUT2D eigenvalue weighted by Crippen LogP contribution is -2.36. The van der Waals surface area contributed by atoms with Crippen LogP contribution in [0, 0.1) is 11.3 Å². The van der Waals surface area contributed by atoms with Crippen LogP contribution in [0.4, 0.5) is 5.69 Å². The van der Waals surface area contributed by atoms with Crippen LogP contribution in [0.25, 0.3) is 0 Å². The molecule has 128 valence electrons. The number of carbonyl (C=O) groups excluding carboxylic acids is 2. The summed E-state index contributed by atoms with van der Waals surface area (Å²) in [6.45, 7) is 0. The third kappa shape index (κ3) is 5.64. The number of rotatable bonds is 6. The van der Waals surface area contributed by atoms with E-state index < -0.39 is 0 Å². The van der Waals surface area contributed by atoms with E-state index in [2.05, 4.69) is 10.7 Å². The molecular formula is C18H18N4O2S. The van der Waals surface area contributed by atoms with Gasteiger partial charge in [-0.25, -0.2) is 5.01 Å². The van der Waals surface area contributed by atoms with Gasteiger partial charge in [0.05, 0.1) is 22.9 Å². The van der Waals surface area contributed by atoms with E-state index in [0.717, 1.165) is 4.90 Å². The minimum atomic E-state index is -0.227. The molecule has 2 aromatic rings. The summed E-state index contributed by atoms with van der Waals surface area (Å²) in [7, 11) is 3.47. The van der Waals surface area contributed by atoms with Crippen molar-refractivity contribution in [3.05, 3.63) is 59.7 Å². The maximum Gasteiger partial charge on any atom is 0.266 e. The number of benzene rings is 2. The Morgan fingerprint density at radius 1 is 1.16 bits per heavy atom. The summed E-state index contributed by atoms with van der Waals surface area (Å²) < 4.78 is 0. The Bertz CT molecular complexity index is 815. The Morgan fingerprint density at radius 3 is 2.64 bits per heavy atom. The third-order valence-electron chi connectivity index (χ3n) is 3.09. The predicted octanol–water partition coefficient (Wildman–Crippen LogP) is 2.50. The molecule has 0 heterocycles. The van der Waals surface area contributed by atoms with Crippen LogP contribution in [0.2, 0.25) is 0 Å². The van der Waals surface area contributed by atoms with Gasteiger partial charge in [-0.15, -0.1) is 11.8 Å². The number of nitrogens with zero attached hydrogens (tertiary/aromatic N) is 2. The molecule has 0 aliphatic heterocycles. The van der Waals surface area contributed by atoms with Crippen molar-refractivity contribution in [2.24, 2.45) is 0 Å². The van der Waals surface area contributed by atoms with Crippen LogP contribution in [0.1, 0.15) is 15.9 Å². The number of nitriles is 1. The van der Waals surface area contributed by atoms with E-state index in [1.165, 1.54) is 11.8 Å². The molecule has 0 saturated heterocycles. The first-order valence-electron chi connectivity index (χ1n) is 7.49. The molecule has 0 saturated carbocycles. The maximum atomic E-state index is 12.2. The first kappa shape index (κ1) is 18.5. The van der Waals surface area contributed by atoms with Gasteiger partial charge in [-0.3, -0.25) is 15.0 Å². The molecule has 0 spiro atoms. The number of hydrazine groups is 1. The minimum absolute atomic E-state index is 0.156. The lowest BCUT2D eigenvalue weighted by molar-refractivity contribution is -0.113. The summed E-state index contributed by atoms with van der Waals surface area (Å²) in [5.74, 6) is -0.276. The maximum absolute atomic E-state index is 12.2. The molecule has 2 N–H and O–H groups in total. The molecule has 0 atom stereocenters. The van der Waals surface area contributed by atoms with E-state index in [1.807, 2.05) is 12.1 Å². The highest BCUT2D eigenvalue weighted by Crippen LogP contribution is 2.23. The lowest BCUT2D eigenvalue weighted by Gasteiger charge is -2.14. The summed E-state index contributed by atoms with van der Waals surface area (Å²) >= 11 is 1.28. The zero-order valence-electron chi connectivity index (χ0n) is 13.9. The molecule has 0 bridgehead atoms. The van der Waals surface area contributed by atoms with Gasteiger partial charge in [-0.1, -0.05) is 18.2 Å². The van der Waals surface area contributed by atoms with Gasteiger partial charge < -0.3 is 5.32 Å². The van der Waals surface area contributed by atoms with Crippen molar-refractivity contribution < 1.29 is 9.59 Å². The van der Waals surface area contributed by atoms with Gasteiger partial charge in [0, 0.05) is 24.7 Å². The monoisotopic (exact) mass is 354 g/mol. The van der Waals surface area contributed by atoms with Crippen molar-refractivity contribution >= 4 is 29.3 Å². The van der Waals surface area contributed by atoms with Gasteiger partial charge in [-0.05, 0) is 30.3 Å². The number of nitrogens with one attached hydrogen (secondary N) is 2. The number of thioether (sulfide) groups is 1. The second kappa shape index (κ2) is 8.87. The normalized spacial score (nSPS) is 10.2. The van der Waals surface area contributed by atoms with Gasteiger partial charge >= 0.3 is 0 Å². The van der Waals surface area contributed by atoms with Crippen LogP contribution in [0.3, 0.4) is 0 Å². The van der Waals surface area contributed by atoms with Crippen LogP contribution >= 0.6 is 11.8 Å². The van der Waals surface area contributed by atoms with Crippen molar-refractivity contribution in [3.63, 3.8) is 0 Å². The van der Waals surface area contributed by atoms with E-state index in [-0.39, 0.29) is 17.6 Å². The average Bonchev–Trinajstić information content (AvgIpc) is 2.59. The summed E-state index contributed by atoms with van der Waals surface area (Å²) in [6.07, 6.45) is 0. The summed E-state index contributed by atoms with van der Waals surface area (Å²) in [5, 5.41) is 13.2. The number of hydrogen-bond acceptors (Lipinski definition) is 5. The van der Waals surface area contributed by atoms with Gasteiger partial charge in [0.15, 0.2) is 0 Å². The van der Waals surface area contributed by atoms with Crippen molar-refractivity contribution in [1.29, 1.82) is 5.26 Å². The molecule has 25 heavy (non-hydrogen) atoms. The Labute approximate surface area is 150 Å². The minimum Gasteiger partial charge on any atom is -0.325 e. The average molecular weight is 354 g/mol. The predicted molar refractivity (Wildman–Crippen MR) is 98.1 cm³/mol. The highest BCUT2D eigenvalue weighted by molar-refractivity contribution is 8.00. The molecule has 0 aliphatic rings. The van der Waals surface area contributed by atoms with Crippen LogP contribution in [0.15, 0.2) is 53.4 Å². The molecule has 7 heteroatoms. The fourth-order valence-electron chi connectivity index (χ4n) is 2.05. The molecule has 0 aliphatic carbocycles. The van der Waals surface area contributed by atoms with Crippen molar-refractivity contribution in [2.75, 3.05) is 25.2 Å². The van der Waals surface area contributed by atoms with Crippen molar-refractivity contribution in [1.82, 2.24) is 10.4 Å². The van der Waals surface area contributed by atoms with Gasteiger partial charge in [0.1, 0.15) is 0 Å². The SMILES string of the molecule is CN(C)NC(=O)c1ccccc1SCC(=O)Nc1cccc(C#N)c1. The topological polar surface area (TPSA) is 85.2 Å². The van der Waals surface area contributed by atoms with E-state index >= 15 is 0 Å². The van der Waals surface area contributed by atoms with E-state index in [1.54, 1.807) is 61.6 Å². The Balaban J connectivity index is 2.00. The Kier molecular flexibility index (Phi) is 6.57. The Hall–Kier alpha value is -2.82. The molecule has 6 nitrogen and oxygen atoms in total. The smallest absolute Gasteiger partial charge is 0.266 e. The number of carbonyl (C=O) groups is 2. The highest BCUT2D eigenvalue weighted by atomic mass is 32.2. The first-order valence-corrected chi connectivity index (χ1v) is 8.48. The van der Waals surface area contributed by atoms with Crippen LogP contribution in [-0.2, 0) is 4.79 Å². The first-order chi connectivity index (χ1) is 12.0. The standard InChI is InChI=1S/C18H18N4O2S/c1-22(2)21-18(24)15-8-3-4-9-16(15)25-12-17(23)20-14-7-5-6-13(10-14)11-19/h3-10H,12H2,1-2H3,(H,20,23)(H,21,24). The summed E-state index contributed by atoms with van der Waals surface area (Å²) in [5.41, 5.74) is 4.26. The molecule has 2 rings (SSSR count). The molecule has 2 amide bonds. The Morgan fingerprint density at radius 2 is 1.92 bits per heavy atom. The van der Waals surface area contributed by atoms with Crippen LogP contribution in [-0.4, -0.2) is 36.7 Å². The lowest BCUT2D eigenvalue weighted by atomic mass is 10.2. The molecule has 0 unspecified atom stereocenters. The zero-order chi connectivity index (χ0) is 18.2. The van der Waals surface area contributed by atoms with E-state index in [9.17, 15) is 9.59 Å². The summed E-state index contributed by atoms with van der Waals surface area (Å²) in [6, 6.07) is 15.9. The quantitative estimate of drug-likeness (QED) is 0.615. The fourth-order valence-corrected chi connectivity index (χ4v) is 2.90. The largest absolute Gasteiger partial charge is 0.325 e. The zero-order valence-corrected chi connectivity index (χ0v) is 14.8. The molecule has 0 radical (unpaired) electrons. The number of hydrogen-bond donors (Lipinski definition) is 2. The molecule has 0 fully saturated rings. The van der Waals surface area contributed by atoms with Crippen molar-refractivity contribution in [2.45, 2.75) is 4.90 Å².